The number of ether oxygens (including phenoxy) is 3. The van der Waals surface area contributed by atoms with Gasteiger partial charge in [-0.15, -0.1) is 0 Å². The summed E-state index contributed by atoms with van der Waals surface area (Å²) >= 11 is 0. The SMILES string of the molecule is CCC(=O)/C=C/CC[C@H](NC(=O)OC)C(=O)Nc1cccn(Cc2cc3cc(F)cc(OCc4ccc(F)cc4F)c3n2C(=O)OC(C)(C)C)c1=O. The number of allylic oxidation sites excluding steroid dienone is 2. The molecule has 4 aromatic rings. The molecule has 0 aliphatic carbocycles. The summed E-state index contributed by atoms with van der Waals surface area (Å²) in [6.45, 7) is 5.93. The quantitative estimate of drug-likeness (QED) is 0.147. The number of nitrogens with one attached hydrogen (secondary N) is 2. The lowest BCUT2D eigenvalue weighted by molar-refractivity contribution is -0.118. The van der Waals surface area contributed by atoms with E-state index in [1.165, 1.54) is 41.1 Å². The Balaban J connectivity index is 1.69. The van der Waals surface area contributed by atoms with Crippen LogP contribution in [0.1, 0.15) is 58.2 Å². The number of ketones is 1. The standard InChI is InChI=1S/C37H39F3N4O8/c1-6-27(45)10-7-8-11-29(42-35(48)50-5)33(46)41-30-12-9-15-43(34(30)47)20-26-17-23-16-25(39)19-31(32(23)44(26)36(49)52-37(2,3)4)51-21-22-13-14-24(38)18-28(22)40/h7,9-10,12-19,29H,6,8,11,20-21H2,1-5H3,(H,41,46)(H,42,48)/b10-7+/t29-/m0/s1. The smallest absolute Gasteiger partial charge is 0.419 e. The van der Waals surface area contributed by atoms with Crippen molar-refractivity contribution >= 4 is 40.5 Å². The van der Waals surface area contributed by atoms with Crippen LogP contribution in [0.25, 0.3) is 10.9 Å². The van der Waals surface area contributed by atoms with Crippen LogP contribution in [0.5, 0.6) is 5.75 Å². The number of methoxy groups -OCH3 is 1. The molecule has 276 valence electrons. The van der Waals surface area contributed by atoms with E-state index in [4.69, 9.17) is 9.47 Å². The Morgan fingerprint density at radius 1 is 1.00 bits per heavy atom. The highest BCUT2D eigenvalue weighted by Gasteiger charge is 2.26. The minimum Gasteiger partial charge on any atom is -0.486 e. The molecule has 0 unspecified atom stereocenters. The second-order valence-electron chi connectivity index (χ2n) is 12.6. The molecule has 0 radical (unpaired) electrons. The second kappa shape index (κ2) is 16.9. The Kier molecular flexibility index (Phi) is 12.7. The van der Waals surface area contributed by atoms with Gasteiger partial charge in [0, 0.05) is 35.7 Å². The highest BCUT2D eigenvalue weighted by molar-refractivity contribution is 5.97. The summed E-state index contributed by atoms with van der Waals surface area (Å²) in [5.41, 5.74) is -1.60. The number of carbonyl (C=O) groups excluding carboxylic acids is 4. The van der Waals surface area contributed by atoms with E-state index in [0.717, 1.165) is 29.9 Å². The predicted octanol–water partition coefficient (Wildman–Crippen LogP) is 6.61. The van der Waals surface area contributed by atoms with Gasteiger partial charge in [-0.3, -0.25) is 14.4 Å². The van der Waals surface area contributed by atoms with Crippen LogP contribution in [0, 0.1) is 17.5 Å². The number of pyridine rings is 1. The van der Waals surface area contributed by atoms with Gasteiger partial charge in [0.05, 0.1) is 19.3 Å². The highest BCUT2D eigenvalue weighted by Crippen LogP contribution is 2.33. The Labute approximate surface area is 297 Å². The highest BCUT2D eigenvalue weighted by atomic mass is 19.1. The third-order valence-electron chi connectivity index (χ3n) is 7.56. The van der Waals surface area contributed by atoms with Gasteiger partial charge in [0.15, 0.2) is 5.78 Å². The van der Waals surface area contributed by atoms with E-state index in [-0.39, 0.29) is 58.8 Å². The Morgan fingerprint density at radius 2 is 1.75 bits per heavy atom. The topological polar surface area (TPSA) is 147 Å². The van der Waals surface area contributed by atoms with Gasteiger partial charge in [-0.25, -0.2) is 27.3 Å². The van der Waals surface area contributed by atoms with Crippen LogP contribution in [-0.2, 0) is 32.2 Å². The van der Waals surface area contributed by atoms with Crippen LogP contribution >= 0.6 is 0 Å². The molecule has 0 saturated carbocycles. The lowest BCUT2D eigenvalue weighted by atomic mass is 10.1. The lowest BCUT2D eigenvalue weighted by Crippen LogP contribution is -2.44. The molecule has 15 heteroatoms. The molecule has 2 N–H and O–H groups in total. The molecule has 2 heterocycles. The van der Waals surface area contributed by atoms with E-state index in [9.17, 15) is 37.1 Å². The Bertz CT molecular complexity index is 2070. The van der Waals surface area contributed by atoms with Crippen molar-refractivity contribution in [3.05, 3.63) is 106 Å². The Hall–Kier alpha value is -5.86. The minimum atomic E-state index is -1.13. The fraction of sp³-hybridized carbons (Fsp3) is 0.324. The van der Waals surface area contributed by atoms with Gasteiger partial charge < -0.3 is 29.4 Å². The summed E-state index contributed by atoms with van der Waals surface area (Å²) in [7, 11) is 1.13. The fourth-order valence-corrected chi connectivity index (χ4v) is 5.08. The van der Waals surface area contributed by atoms with E-state index in [1.54, 1.807) is 33.8 Å². The normalized spacial score (nSPS) is 12.1. The molecule has 2 aromatic heterocycles. The van der Waals surface area contributed by atoms with Crippen LogP contribution in [0.2, 0.25) is 0 Å². The van der Waals surface area contributed by atoms with Crippen LogP contribution in [-0.4, -0.2) is 51.8 Å². The average Bonchev–Trinajstić information content (AvgIpc) is 3.44. The first-order valence-electron chi connectivity index (χ1n) is 16.3. The maximum atomic E-state index is 14.9. The zero-order chi connectivity index (χ0) is 38.2. The van der Waals surface area contributed by atoms with Crippen molar-refractivity contribution < 1.29 is 46.6 Å². The number of fused-ring (bicyclic) bond motifs is 1. The summed E-state index contributed by atoms with van der Waals surface area (Å²) in [5, 5.41) is 5.13. The van der Waals surface area contributed by atoms with Crippen LogP contribution in [0.4, 0.5) is 28.4 Å². The Morgan fingerprint density at radius 3 is 2.42 bits per heavy atom. The van der Waals surface area contributed by atoms with Crippen molar-refractivity contribution in [2.24, 2.45) is 0 Å². The molecule has 0 spiro atoms. The number of nitrogens with zero attached hydrogens (tertiary/aromatic N) is 2. The molecular formula is C37H39F3N4O8. The molecule has 2 amide bonds. The molecule has 0 bridgehead atoms. The molecule has 1 atom stereocenters. The number of anilines is 1. The number of hydrogen-bond acceptors (Lipinski definition) is 8. The summed E-state index contributed by atoms with van der Waals surface area (Å²) in [5.74, 6) is -3.39. The number of alkyl carbamates (subject to hydrolysis) is 1. The molecule has 0 saturated heterocycles. The molecule has 0 aliphatic heterocycles. The molecule has 0 aliphatic rings. The monoisotopic (exact) mass is 724 g/mol. The van der Waals surface area contributed by atoms with Crippen molar-refractivity contribution in [3.63, 3.8) is 0 Å². The first-order valence-corrected chi connectivity index (χ1v) is 16.3. The third-order valence-corrected chi connectivity index (χ3v) is 7.56. The third kappa shape index (κ3) is 10.1. The maximum absolute atomic E-state index is 14.9. The molecule has 4 rings (SSSR count). The molecule has 12 nitrogen and oxygen atoms in total. The summed E-state index contributed by atoms with van der Waals surface area (Å²) in [6.07, 6.45) is 3.26. The van der Waals surface area contributed by atoms with Gasteiger partial charge in [-0.05, 0) is 76.1 Å². The zero-order valence-electron chi connectivity index (χ0n) is 29.3. The fourth-order valence-electron chi connectivity index (χ4n) is 5.08. The van der Waals surface area contributed by atoms with Gasteiger partial charge in [0.25, 0.3) is 5.56 Å². The average molecular weight is 725 g/mol. The molecular weight excluding hydrogens is 685 g/mol. The number of amides is 2. The van der Waals surface area contributed by atoms with Crippen molar-refractivity contribution in [3.8, 4) is 5.75 Å². The number of halogens is 3. The van der Waals surface area contributed by atoms with Gasteiger partial charge in [0.2, 0.25) is 5.91 Å². The molecule has 0 fully saturated rings. The predicted molar refractivity (Wildman–Crippen MR) is 186 cm³/mol. The first kappa shape index (κ1) is 38.9. The minimum absolute atomic E-state index is 0.0214. The largest absolute Gasteiger partial charge is 0.486 e. The van der Waals surface area contributed by atoms with E-state index >= 15 is 0 Å². The van der Waals surface area contributed by atoms with Crippen molar-refractivity contribution in [1.29, 1.82) is 0 Å². The van der Waals surface area contributed by atoms with Gasteiger partial charge in [0.1, 0.15) is 52.7 Å². The number of hydrogen-bond donors (Lipinski definition) is 2. The first-order chi connectivity index (χ1) is 24.6. The number of aromatic nitrogens is 2. The van der Waals surface area contributed by atoms with Crippen molar-refractivity contribution in [1.82, 2.24) is 14.5 Å². The molecule has 52 heavy (non-hydrogen) atoms. The van der Waals surface area contributed by atoms with Crippen molar-refractivity contribution in [2.45, 2.75) is 71.8 Å². The van der Waals surface area contributed by atoms with Crippen LogP contribution < -0.4 is 20.9 Å². The number of carbonyl (C=O) groups is 4. The van der Waals surface area contributed by atoms with Crippen LogP contribution in [0.3, 0.4) is 0 Å². The lowest BCUT2D eigenvalue weighted by Gasteiger charge is -2.22. The van der Waals surface area contributed by atoms with E-state index in [0.29, 0.717) is 12.5 Å². The maximum Gasteiger partial charge on any atom is 0.419 e. The van der Waals surface area contributed by atoms with Gasteiger partial charge in [-0.2, -0.15) is 0 Å². The van der Waals surface area contributed by atoms with Gasteiger partial charge >= 0.3 is 12.2 Å². The van der Waals surface area contributed by atoms with E-state index in [2.05, 4.69) is 15.4 Å². The van der Waals surface area contributed by atoms with Crippen LogP contribution in [0.15, 0.2) is 71.7 Å². The number of benzene rings is 2. The zero-order valence-corrected chi connectivity index (χ0v) is 29.3. The van der Waals surface area contributed by atoms with Crippen molar-refractivity contribution in [2.75, 3.05) is 12.4 Å². The summed E-state index contributed by atoms with van der Waals surface area (Å²) in [6, 6.07) is 8.21. The molecule has 2 aromatic carbocycles. The summed E-state index contributed by atoms with van der Waals surface area (Å²) in [4.78, 5) is 64.2. The van der Waals surface area contributed by atoms with Gasteiger partial charge in [-0.1, -0.05) is 13.0 Å². The summed E-state index contributed by atoms with van der Waals surface area (Å²) < 4.78 is 61.1. The van der Waals surface area contributed by atoms with E-state index in [1.807, 2.05) is 0 Å². The number of rotatable bonds is 13. The van der Waals surface area contributed by atoms with E-state index < -0.39 is 59.4 Å². The second-order valence-corrected chi connectivity index (χ2v) is 12.6.